The lowest BCUT2D eigenvalue weighted by Gasteiger charge is -2.19. The van der Waals surface area contributed by atoms with Crippen molar-refractivity contribution < 1.29 is 33.6 Å². The van der Waals surface area contributed by atoms with Gasteiger partial charge in [0.1, 0.15) is 5.60 Å². The summed E-state index contributed by atoms with van der Waals surface area (Å²) in [4.78, 5) is 72.5. The number of nitro benzene ring substituents is 1. The number of hydrogen-bond acceptors (Lipinski definition) is 8. The van der Waals surface area contributed by atoms with Crippen molar-refractivity contribution in [1.82, 2.24) is 15.5 Å². The first kappa shape index (κ1) is 29.7. The Labute approximate surface area is 230 Å². The quantitative estimate of drug-likeness (QED) is 0.216. The summed E-state index contributed by atoms with van der Waals surface area (Å²) in [7, 11) is 0. The van der Waals surface area contributed by atoms with Crippen molar-refractivity contribution in [3.63, 3.8) is 0 Å². The second kappa shape index (κ2) is 12.8. The third-order valence-electron chi connectivity index (χ3n) is 5.67. The highest BCUT2D eigenvalue weighted by atomic mass is 16.6. The highest BCUT2D eigenvalue weighted by molar-refractivity contribution is 6.21. The first-order valence-electron chi connectivity index (χ1n) is 12.6. The van der Waals surface area contributed by atoms with Gasteiger partial charge < -0.3 is 20.7 Å². The van der Waals surface area contributed by atoms with Gasteiger partial charge in [-0.15, -0.1) is 0 Å². The lowest BCUT2D eigenvalue weighted by Crippen LogP contribution is -2.35. The third-order valence-corrected chi connectivity index (χ3v) is 5.67. The maximum atomic E-state index is 12.6. The zero-order valence-corrected chi connectivity index (χ0v) is 22.4. The molecule has 0 aromatic heterocycles. The van der Waals surface area contributed by atoms with Crippen molar-refractivity contribution in [3.8, 4) is 0 Å². The summed E-state index contributed by atoms with van der Waals surface area (Å²) in [5.41, 5.74) is 0.425. The number of imide groups is 1. The van der Waals surface area contributed by atoms with E-state index >= 15 is 0 Å². The van der Waals surface area contributed by atoms with E-state index in [1.807, 2.05) is 0 Å². The van der Waals surface area contributed by atoms with E-state index in [0.29, 0.717) is 5.69 Å². The van der Waals surface area contributed by atoms with Crippen molar-refractivity contribution in [2.45, 2.75) is 52.2 Å². The minimum Gasteiger partial charge on any atom is -0.444 e. The number of fused-ring (bicyclic) bond motifs is 1. The molecule has 0 saturated heterocycles. The van der Waals surface area contributed by atoms with Crippen LogP contribution in [-0.2, 0) is 20.9 Å². The molecule has 0 atom stereocenters. The van der Waals surface area contributed by atoms with Crippen molar-refractivity contribution in [1.29, 1.82) is 0 Å². The Morgan fingerprint density at radius 2 is 1.68 bits per heavy atom. The van der Waals surface area contributed by atoms with E-state index in [1.165, 1.54) is 12.1 Å². The lowest BCUT2D eigenvalue weighted by molar-refractivity contribution is -0.384. The number of carbonyl (C=O) groups is 5. The van der Waals surface area contributed by atoms with Crippen LogP contribution in [0.3, 0.4) is 0 Å². The third kappa shape index (κ3) is 8.35. The van der Waals surface area contributed by atoms with Gasteiger partial charge in [-0.3, -0.25) is 34.2 Å². The van der Waals surface area contributed by atoms with Crippen LogP contribution in [0.2, 0.25) is 0 Å². The van der Waals surface area contributed by atoms with E-state index < -0.39 is 28.4 Å². The number of nitrogens with one attached hydrogen (secondary N) is 3. The number of amides is 5. The van der Waals surface area contributed by atoms with Gasteiger partial charge in [0.25, 0.3) is 17.5 Å². The number of benzene rings is 2. The maximum absolute atomic E-state index is 12.6. The first-order chi connectivity index (χ1) is 18.8. The summed E-state index contributed by atoms with van der Waals surface area (Å²) < 4.78 is 5.11. The smallest absolute Gasteiger partial charge is 0.407 e. The summed E-state index contributed by atoms with van der Waals surface area (Å²) in [6, 6.07) is 10.4. The zero-order valence-electron chi connectivity index (χ0n) is 22.4. The molecule has 40 heavy (non-hydrogen) atoms. The van der Waals surface area contributed by atoms with Crippen LogP contribution in [0.25, 0.3) is 0 Å². The van der Waals surface area contributed by atoms with Gasteiger partial charge in [-0.05, 0) is 51.0 Å². The van der Waals surface area contributed by atoms with E-state index in [4.69, 9.17) is 4.74 Å². The highest BCUT2D eigenvalue weighted by Crippen LogP contribution is 2.27. The molecule has 0 bridgehead atoms. The SMILES string of the molecule is CC(C)(C)OC(=O)NCCC(=O)NCc1cccc(NC(=O)CCCN2C(=O)c3ccc([N+](=O)[O-])cc3C2=O)c1. The van der Waals surface area contributed by atoms with Crippen LogP contribution in [0.5, 0.6) is 0 Å². The summed E-state index contributed by atoms with van der Waals surface area (Å²) >= 11 is 0. The monoisotopic (exact) mass is 553 g/mol. The van der Waals surface area contributed by atoms with E-state index in [-0.39, 0.29) is 67.5 Å². The number of nitro groups is 1. The fourth-order valence-corrected chi connectivity index (χ4v) is 3.86. The molecule has 1 aliphatic heterocycles. The Kier molecular flexibility index (Phi) is 9.54. The average molecular weight is 554 g/mol. The van der Waals surface area contributed by atoms with Gasteiger partial charge in [0, 0.05) is 50.3 Å². The van der Waals surface area contributed by atoms with E-state index in [9.17, 15) is 34.1 Å². The fraction of sp³-hybridized carbons (Fsp3) is 0.370. The molecule has 13 heteroatoms. The molecule has 13 nitrogen and oxygen atoms in total. The van der Waals surface area contributed by atoms with Gasteiger partial charge in [0.15, 0.2) is 0 Å². The molecule has 212 valence electrons. The Bertz CT molecular complexity index is 1330. The van der Waals surface area contributed by atoms with E-state index in [0.717, 1.165) is 16.5 Å². The van der Waals surface area contributed by atoms with Gasteiger partial charge in [-0.25, -0.2) is 4.79 Å². The molecule has 0 fully saturated rings. The van der Waals surface area contributed by atoms with Crippen LogP contribution in [0, 0.1) is 10.1 Å². The van der Waals surface area contributed by atoms with Crippen LogP contribution in [0.4, 0.5) is 16.2 Å². The van der Waals surface area contributed by atoms with Crippen LogP contribution in [0.1, 0.15) is 66.3 Å². The molecule has 1 aliphatic rings. The van der Waals surface area contributed by atoms with Crippen LogP contribution in [0.15, 0.2) is 42.5 Å². The van der Waals surface area contributed by atoms with Gasteiger partial charge in [-0.2, -0.15) is 0 Å². The molecule has 0 spiro atoms. The molecule has 3 N–H and O–H groups in total. The van der Waals surface area contributed by atoms with E-state index in [2.05, 4.69) is 16.0 Å². The summed E-state index contributed by atoms with van der Waals surface area (Å²) in [6.45, 7) is 5.55. The number of carbonyl (C=O) groups excluding carboxylic acids is 5. The molecule has 2 aromatic rings. The average Bonchev–Trinajstić information content (AvgIpc) is 3.11. The van der Waals surface area contributed by atoms with Crippen molar-refractivity contribution >= 4 is 41.1 Å². The largest absolute Gasteiger partial charge is 0.444 e. The van der Waals surface area contributed by atoms with Crippen LogP contribution >= 0.6 is 0 Å². The number of rotatable bonds is 11. The van der Waals surface area contributed by atoms with Crippen molar-refractivity contribution in [2.75, 3.05) is 18.4 Å². The molecule has 0 saturated carbocycles. The van der Waals surface area contributed by atoms with Gasteiger partial charge >= 0.3 is 6.09 Å². The molecule has 0 radical (unpaired) electrons. The Morgan fingerprint density at radius 3 is 2.38 bits per heavy atom. The van der Waals surface area contributed by atoms with Crippen molar-refractivity contribution in [3.05, 3.63) is 69.3 Å². The number of anilines is 1. The van der Waals surface area contributed by atoms with Gasteiger partial charge in [0.2, 0.25) is 11.8 Å². The van der Waals surface area contributed by atoms with Gasteiger partial charge in [-0.1, -0.05) is 12.1 Å². The normalized spacial score (nSPS) is 12.5. The highest BCUT2D eigenvalue weighted by Gasteiger charge is 2.36. The Balaban J connectivity index is 1.41. The number of non-ortho nitro benzene ring substituents is 1. The molecule has 3 rings (SSSR count). The van der Waals surface area contributed by atoms with Crippen molar-refractivity contribution in [2.24, 2.45) is 0 Å². The minimum atomic E-state index is -0.638. The first-order valence-corrected chi connectivity index (χ1v) is 12.6. The topological polar surface area (TPSA) is 177 Å². The predicted octanol–water partition coefficient (Wildman–Crippen LogP) is 3.14. The second-order valence-electron chi connectivity index (χ2n) is 10.1. The minimum absolute atomic E-state index is 0.0115. The molecule has 2 aromatic carbocycles. The number of ether oxygens (including phenoxy) is 1. The Hall–Kier alpha value is -4.81. The number of alkyl carbamates (subject to hydrolysis) is 1. The second-order valence-corrected chi connectivity index (χ2v) is 10.1. The van der Waals surface area contributed by atoms with Crippen LogP contribution < -0.4 is 16.0 Å². The maximum Gasteiger partial charge on any atom is 0.407 e. The number of hydrogen-bond donors (Lipinski definition) is 3. The fourth-order valence-electron chi connectivity index (χ4n) is 3.86. The predicted molar refractivity (Wildman–Crippen MR) is 143 cm³/mol. The molecule has 5 amide bonds. The summed E-state index contributed by atoms with van der Waals surface area (Å²) in [5, 5.41) is 19.0. The molecule has 0 aliphatic carbocycles. The molecular weight excluding hydrogens is 522 g/mol. The zero-order chi connectivity index (χ0) is 29.4. The lowest BCUT2D eigenvalue weighted by atomic mass is 10.1. The Morgan fingerprint density at radius 1 is 0.950 bits per heavy atom. The summed E-state index contributed by atoms with van der Waals surface area (Å²) in [6.07, 6.45) is -0.301. The molecule has 0 unspecified atom stereocenters. The summed E-state index contributed by atoms with van der Waals surface area (Å²) in [5.74, 6) is -1.78. The van der Waals surface area contributed by atoms with Crippen LogP contribution in [-0.4, -0.2) is 58.2 Å². The standard InChI is InChI=1S/C27H31N5O8/c1-27(2,3)40-26(37)28-12-11-22(33)29-16-17-6-4-7-18(14-17)30-23(34)8-5-13-31-24(35)20-10-9-19(32(38)39)15-21(20)25(31)36/h4,6-7,9-10,14-15H,5,8,11-13,16H2,1-3H3,(H,28,37)(H,29,33)(H,30,34). The van der Waals surface area contributed by atoms with Gasteiger partial charge in [0.05, 0.1) is 16.1 Å². The number of nitrogens with zero attached hydrogens (tertiary/aromatic N) is 2. The van der Waals surface area contributed by atoms with E-state index in [1.54, 1.807) is 45.0 Å². The molecule has 1 heterocycles. The molecular formula is C27H31N5O8.